The minimum absolute atomic E-state index is 0.715. The zero-order chi connectivity index (χ0) is 23.0. The Morgan fingerprint density at radius 1 is 0.345 bits per heavy atom. The van der Waals surface area contributed by atoms with Crippen molar-refractivity contribution in [2.75, 3.05) is 52.4 Å². The molecule has 2 heterocycles. The number of nitrogens with zero attached hydrogens (tertiary/aromatic N) is 4. The van der Waals surface area contributed by atoms with E-state index in [4.69, 9.17) is 0 Å². The molecule has 2 aliphatic rings. The maximum atomic E-state index is 2.59. The highest BCUT2D eigenvalue weighted by atomic mass is 15.3. The normalized spacial score (nSPS) is 19.9. The van der Waals surface area contributed by atoms with Crippen LogP contribution >= 0.6 is 0 Å². The van der Waals surface area contributed by atoms with Gasteiger partial charge in [-0.15, -0.1) is 0 Å². The highest BCUT2D eigenvalue weighted by molar-refractivity contribution is 4.76. The molecule has 0 N–H and O–H groups in total. The first-order chi connectivity index (χ1) is 13.7. The van der Waals surface area contributed by atoms with E-state index in [1.54, 1.807) is 0 Å². The van der Waals surface area contributed by atoms with Crippen molar-refractivity contribution in [3.8, 4) is 0 Å². The Morgan fingerprint density at radius 2 is 0.517 bits per heavy atom. The summed E-state index contributed by atoms with van der Waals surface area (Å²) in [6, 6.07) is 2.87. The third-order valence-electron chi connectivity index (χ3n) is 5.84. The molecule has 0 aromatic rings. The Kier molecular flexibility index (Phi) is 19.9. The van der Waals surface area contributed by atoms with Gasteiger partial charge < -0.3 is 0 Å². The summed E-state index contributed by atoms with van der Waals surface area (Å²) >= 11 is 0. The Labute approximate surface area is 186 Å². The van der Waals surface area contributed by atoms with Crippen LogP contribution in [0.3, 0.4) is 0 Å². The predicted molar refractivity (Wildman–Crippen MR) is 134 cm³/mol. The van der Waals surface area contributed by atoms with E-state index in [1.807, 2.05) is 27.7 Å². The second-order valence-electron chi connectivity index (χ2n) is 8.87. The van der Waals surface area contributed by atoms with Crippen molar-refractivity contribution < 1.29 is 0 Å². The maximum absolute atomic E-state index is 2.59. The van der Waals surface area contributed by atoms with E-state index < -0.39 is 0 Å². The zero-order valence-electron chi connectivity index (χ0n) is 22.5. The van der Waals surface area contributed by atoms with Crippen molar-refractivity contribution in [1.82, 2.24) is 19.6 Å². The highest BCUT2D eigenvalue weighted by Gasteiger charge is 2.20. The molecule has 0 radical (unpaired) electrons. The van der Waals surface area contributed by atoms with Crippen LogP contribution in [0.5, 0.6) is 0 Å². The molecule has 178 valence electrons. The molecular formula is C25H58N4. The zero-order valence-corrected chi connectivity index (χ0v) is 22.5. The summed E-state index contributed by atoms with van der Waals surface area (Å²) in [6.45, 7) is 36.4. The molecule has 2 saturated heterocycles. The van der Waals surface area contributed by atoms with Crippen molar-refractivity contribution in [3.63, 3.8) is 0 Å². The molecule has 29 heavy (non-hydrogen) atoms. The summed E-state index contributed by atoms with van der Waals surface area (Å²) in [6.07, 6.45) is 1.33. The molecule has 0 atom stereocenters. The largest absolute Gasteiger partial charge is 0.300 e. The monoisotopic (exact) mass is 414 g/mol. The standard InChI is InChI=1S/C11H24N2.C10H22N2.2C2H6/c1-10(2)12-6-5-7-13(9-8-12)11(3)4;1-9(2)11-5-7-12(8-6-11)10(3)4;2*1-2/h10-11H,5-9H2,1-4H3;9-10H,5-8H2,1-4H3;2*1-2H3. The van der Waals surface area contributed by atoms with Crippen LogP contribution in [-0.2, 0) is 0 Å². The third-order valence-corrected chi connectivity index (χ3v) is 5.84. The van der Waals surface area contributed by atoms with E-state index in [9.17, 15) is 0 Å². The van der Waals surface area contributed by atoms with Crippen LogP contribution in [0.15, 0.2) is 0 Å². The third kappa shape index (κ3) is 13.7. The average Bonchev–Trinajstić information content (AvgIpc) is 2.98. The molecule has 2 rings (SSSR count). The Morgan fingerprint density at radius 3 is 0.690 bits per heavy atom. The van der Waals surface area contributed by atoms with Crippen molar-refractivity contribution in [2.45, 2.75) is 114 Å². The van der Waals surface area contributed by atoms with E-state index in [2.05, 4.69) is 75.0 Å². The average molecular weight is 415 g/mol. The smallest absolute Gasteiger partial charge is 0.0113 e. The SMILES string of the molecule is CC.CC.CC(C)N1CCCN(C(C)C)CC1.CC(C)N1CCN(C(C)C)CC1. The lowest BCUT2D eigenvalue weighted by molar-refractivity contribution is 0.0887. The molecule has 0 aromatic heterocycles. The maximum Gasteiger partial charge on any atom is 0.0113 e. The minimum Gasteiger partial charge on any atom is -0.300 e. The second-order valence-corrected chi connectivity index (χ2v) is 8.87. The number of hydrogen-bond donors (Lipinski definition) is 0. The second kappa shape index (κ2) is 18.6. The molecule has 0 saturated carbocycles. The van der Waals surface area contributed by atoms with E-state index in [0.29, 0.717) is 12.1 Å². The van der Waals surface area contributed by atoms with Crippen LogP contribution in [0.2, 0.25) is 0 Å². The van der Waals surface area contributed by atoms with Gasteiger partial charge in [0.05, 0.1) is 0 Å². The van der Waals surface area contributed by atoms with Crippen molar-refractivity contribution in [2.24, 2.45) is 0 Å². The van der Waals surface area contributed by atoms with Gasteiger partial charge in [-0.25, -0.2) is 0 Å². The highest BCUT2D eigenvalue weighted by Crippen LogP contribution is 2.09. The van der Waals surface area contributed by atoms with Gasteiger partial charge in [-0.3, -0.25) is 19.6 Å². The molecule has 2 aliphatic heterocycles. The van der Waals surface area contributed by atoms with Crippen molar-refractivity contribution >= 4 is 0 Å². The summed E-state index contributed by atoms with van der Waals surface area (Å²) in [5, 5.41) is 0. The molecule has 4 heteroatoms. The van der Waals surface area contributed by atoms with E-state index in [1.165, 1.54) is 58.8 Å². The number of rotatable bonds is 4. The number of hydrogen-bond acceptors (Lipinski definition) is 4. The van der Waals surface area contributed by atoms with Gasteiger partial charge in [-0.1, -0.05) is 27.7 Å². The van der Waals surface area contributed by atoms with Gasteiger partial charge >= 0.3 is 0 Å². The Hall–Kier alpha value is -0.160. The van der Waals surface area contributed by atoms with Gasteiger partial charge in [0.1, 0.15) is 0 Å². The lowest BCUT2D eigenvalue weighted by atomic mass is 10.2. The van der Waals surface area contributed by atoms with E-state index in [0.717, 1.165) is 12.1 Å². The molecule has 4 nitrogen and oxygen atoms in total. The summed E-state index contributed by atoms with van der Waals surface area (Å²) in [5.41, 5.74) is 0. The Balaban J connectivity index is 0. The summed E-state index contributed by atoms with van der Waals surface area (Å²) in [4.78, 5) is 10.3. The molecule has 0 spiro atoms. The topological polar surface area (TPSA) is 13.0 Å². The van der Waals surface area contributed by atoms with E-state index >= 15 is 0 Å². The fourth-order valence-electron chi connectivity index (χ4n) is 3.76. The first-order valence-corrected chi connectivity index (χ1v) is 12.7. The fourth-order valence-corrected chi connectivity index (χ4v) is 3.76. The molecule has 2 fully saturated rings. The van der Waals surface area contributed by atoms with Crippen LogP contribution in [0.4, 0.5) is 0 Å². The van der Waals surface area contributed by atoms with Crippen LogP contribution < -0.4 is 0 Å². The van der Waals surface area contributed by atoms with Gasteiger partial charge in [-0.2, -0.15) is 0 Å². The fraction of sp³-hybridized carbons (Fsp3) is 1.00. The van der Waals surface area contributed by atoms with Crippen molar-refractivity contribution in [1.29, 1.82) is 0 Å². The molecule has 0 amide bonds. The lowest BCUT2D eigenvalue weighted by Crippen LogP contribution is -2.50. The van der Waals surface area contributed by atoms with Gasteiger partial charge in [0, 0.05) is 63.4 Å². The van der Waals surface area contributed by atoms with Crippen molar-refractivity contribution in [3.05, 3.63) is 0 Å². The van der Waals surface area contributed by atoms with E-state index in [-0.39, 0.29) is 0 Å². The summed E-state index contributed by atoms with van der Waals surface area (Å²) in [5.74, 6) is 0. The molecule has 0 aliphatic carbocycles. The summed E-state index contributed by atoms with van der Waals surface area (Å²) < 4.78 is 0. The predicted octanol–water partition coefficient (Wildman–Crippen LogP) is 5.28. The summed E-state index contributed by atoms with van der Waals surface area (Å²) in [7, 11) is 0. The van der Waals surface area contributed by atoms with Gasteiger partial charge in [0.2, 0.25) is 0 Å². The van der Waals surface area contributed by atoms with Crippen LogP contribution in [0.1, 0.15) is 89.5 Å². The Bertz CT molecular complexity index is 302. The van der Waals surface area contributed by atoms with Crippen LogP contribution in [0, 0.1) is 0 Å². The van der Waals surface area contributed by atoms with Crippen LogP contribution in [0.25, 0.3) is 0 Å². The quantitative estimate of drug-likeness (QED) is 0.620. The molecule has 0 aromatic carbocycles. The first kappa shape index (κ1) is 31.0. The van der Waals surface area contributed by atoms with Gasteiger partial charge in [0.15, 0.2) is 0 Å². The van der Waals surface area contributed by atoms with Gasteiger partial charge in [0.25, 0.3) is 0 Å². The van der Waals surface area contributed by atoms with Gasteiger partial charge in [-0.05, 0) is 74.9 Å². The van der Waals surface area contributed by atoms with Crippen LogP contribution in [-0.4, -0.2) is 96.1 Å². The first-order valence-electron chi connectivity index (χ1n) is 12.7. The number of piperazine rings is 1. The minimum atomic E-state index is 0.715. The molecule has 0 bridgehead atoms. The molecule has 0 unspecified atom stereocenters. The lowest BCUT2D eigenvalue weighted by Gasteiger charge is -2.38. The molecular weight excluding hydrogens is 356 g/mol.